The van der Waals surface area contributed by atoms with E-state index in [1.807, 2.05) is 0 Å². The molecule has 2 atom stereocenters. The molecule has 2 aliphatic rings. The van der Waals surface area contributed by atoms with E-state index in [-0.39, 0.29) is 22.8 Å². The molecule has 0 aromatic rings. The number of nitrogens with two attached hydrogens (primary N) is 1. The fourth-order valence-electron chi connectivity index (χ4n) is 3.86. The third-order valence-electron chi connectivity index (χ3n) is 5.91. The van der Waals surface area contributed by atoms with E-state index in [0.29, 0.717) is 18.4 Å². The molecule has 104 valence electrons. The average molecular weight is 252 g/mol. The Labute approximate surface area is 111 Å². The van der Waals surface area contributed by atoms with Crippen LogP contribution in [0.1, 0.15) is 47.5 Å². The summed E-state index contributed by atoms with van der Waals surface area (Å²) in [5.74, 6) is 1.05. The van der Waals surface area contributed by atoms with Crippen molar-refractivity contribution in [2.45, 2.75) is 53.5 Å². The van der Waals surface area contributed by atoms with E-state index >= 15 is 0 Å². The topological polar surface area (TPSA) is 46.3 Å². The zero-order chi connectivity index (χ0) is 13.7. The Morgan fingerprint density at radius 1 is 1.28 bits per heavy atom. The van der Waals surface area contributed by atoms with Gasteiger partial charge in [0.1, 0.15) is 0 Å². The van der Waals surface area contributed by atoms with E-state index < -0.39 is 0 Å². The molecule has 2 fully saturated rings. The SMILES string of the molecule is CC1CCCN(C(=O)C2C(C)(C)C2(C)C)C1CN. The van der Waals surface area contributed by atoms with Gasteiger partial charge >= 0.3 is 0 Å². The van der Waals surface area contributed by atoms with Crippen LogP contribution in [0.4, 0.5) is 0 Å². The van der Waals surface area contributed by atoms with Gasteiger partial charge in [0.25, 0.3) is 0 Å². The first-order valence-corrected chi connectivity index (χ1v) is 7.25. The predicted octanol–water partition coefficient (Wildman–Crippen LogP) is 2.25. The second kappa shape index (κ2) is 4.22. The summed E-state index contributed by atoms with van der Waals surface area (Å²) in [4.78, 5) is 14.9. The summed E-state index contributed by atoms with van der Waals surface area (Å²) in [5, 5.41) is 0. The molecular weight excluding hydrogens is 224 g/mol. The maximum absolute atomic E-state index is 12.8. The quantitative estimate of drug-likeness (QED) is 0.819. The van der Waals surface area contributed by atoms with Crippen LogP contribution in [0.5, 0.6) is 0 Å². The van der Waals surface area contributed by atoms with Crippen molar-refractivity contribution in [1.29, 1.82) is 0 Å². The number of carbonyl (C=O) groups is 1. The third-order valence-corrected chi connectivity index (χ3v) is 5.91. The van der Waals surface area contributed by atoms with Crippen LogP contribution < -0.4 is 5.73 Å². The number of nitrogens with zero attached hydrogens (tertiary/aromatic N) is 1. The molecule has 0 radical (unpaired) electrons. The van der Waals surface area contributed by atoms with Gasteiger partial charge in [-0.25, -0.2) is 0 Å². The summed E-state index contributed by atoms with van der Waals surface area (Å²) in [6, 6.07) is 0.249. The summed E-state index contributed by atoms with van der Waals surface area (Å²) < 4.78 is 0. The Bertz CT molecular complexity index is 334. The smallest absolute Gasteiger partial charge is 0.227 e. The highest BCUT2D eigenvalue weighted by molar-refractivity contribution is 5.84. The number of rotatable bonds is 2. The van der Waals surface area contributed by atoms with Gasteiger partial charge in [0.05, 0.1) is 0 Å². The molecule has 1 aliphatic heterocycles. The maximum atomic E-state index is 12.8. The number of piperidine rings is 1. The van der Waals surface area contributed by atoms with Gasteiger partial charge in [-0.3, -0.25) is 4.79 Å². The van der Waals surface area contributed by atoms with E-state index in [4.69, 9.17) is 5.73 Å². The van der Waals surface area contributed by atoms with Crippen molar-refractivity contribution in [1.82, 2.24) is 4.90 Å². The van der Waals surface area contributed by atoms with Crippen LogP contribution in [-0.2, 0) is 4.79 Å². The Morgan fingerprint density at radius 2 is 1.83 bits per heavy atom. The first-order chi connectivity index (χ1) is 8.25. The normalized spacial score (nSPS) is 34.4. The first kappa shape index (κ1) is 13.9. The molecule has 3 heteroatoms. The Morgan fingerprint density at radius 3 is 2.28 bits per heavy atom. The summed E-state index contributed by atoms with van der Waals surface area (Å²) in [6.07, 6.45) is 2.32. The van der Waals surface area contributed by atoms with Crippen LogP contribution in [0, 0.1) is 22.7 Å². The van der Waals surface area contributed by atoms with Crippen LogP contribution in [0.15, 0.2) is 0 Å². The highest BCUT2D eigenvalue weighted by atomic mass is 16.2. The van der Waals surface area contributed by atoms with Gasteiger partial charge in [-0.2, -0.15) is 0 Å². The summed E-state index contributed by atoms with van der Waals surface area (Å²) in [7, 11) is 0. The third kappa shape index (κ3) is 1.78. The molecule has 0 aromatic heterocycles. The lowest BCUT2D eigenvalue weighted by atomic mass is 9.90. The van der Waals surface area contributed by atoms with Gasteiger partial charge in [-0.1, -0.05) is 34.6 Å². The van der Waals surface area contributed by atoms with Gasteiger partial charge in [0.15, 0.2) is 0 Å². The zero-order valence-electron chi connectivity index (χ0n) is 12.5. The lowest BCUT2D eigenvalue weighted by molar-refractivity contribution is -0.138. The Kier molecular flexibility index (Phi) is 3.25. The lowest BCUT2D eigenvalue weighted by Gasteiger charge is -2.40. The number of amides is 1. The molecule has 1 amide bonds. The molecule has 2 rings (SSSR count). The molecule has 1 aliphatic carbocycles. The second-order valence-corrected chi connectivity index (χ2v) is 7.33. The first-order valence-electron chi connectivity index (χ1n) is 7.25. The molecule has 0 bridgehead atoms. The van der Waals surface area contributed by atoms with Gasteiger partial charge in [0, 0.05) is 25.0 Å². The Hall–Kier alpha value is -0.570. The van der Waals surface area contributed by atoms with Gasteiger partial charge in [-0.05, 0) is 29.6 Å². The van der Waals surface area contributed by atoms with Gasteiger partial charge in [0.2, 0.25) is 5.91 Å². The fraction of sp³-hybridized carbons (Fsp3) is 0.933. The minimum Gasteiger partial charge on any atom is -0.338 e. The van der Waals surface area contributed by atoms with E-state index in [2.05, 4.69) is 39.5 Å². The number of likely N-dealkylation sites (tertiary alicyclic amines) is 1. The number of hydrogen-bond donors (Lipinski definition) is 1. The van der Waals surface area contributed by atoms with Crippen molar-refractivity contribution < 1.29 is 4.79 Å². The summed E-state index contributed by atoms with van der Waals surface area (Å²) in [5.41, 5.74) is 6.14. The molecule has 2 unspecified atom stereocenters. The molecule has 1 heterocycles. The van der Waals surface area contributed by atoms with E-state index in [1.165, 1.54) is 6.42 Å². The monoisotopic (exact) mass is 252 g/mol. The molecule has 1 saturated carbocycles. The van der Waals surface area contributed by atoms with Crippen molar-refractivity contribution in [3.05, 3.63) is 0 Å². The van der Waals surface area contributed by atoms with Gasteiger partial charge < -0.3 is 10.6 Å². The van der Waals surface area contributed by atoms with Crippen LogP contribution >= 0.6 is 0 Å². The number of hydrogen-bond acceptors (Lipinski definition) is 2. The van der Waals surface area contributed by atoms with Crippen LogP contribution in [0.25, 0.3) is 0 Å². The van der Waals surface area contributed by atoms with E-state index in [1.54, 1.807) is 0 Å². The highest BCUT2D eigenvalue weighted by Crippen LogP contribution is 2.69. The van der Waals surface area contributed by atoms with E-state index in [9.17, 15) is 4.79 Å². The average Bonchev–Trinajstić information content (AvgIpc) is 2.68. The van der Waals surface area contributed by atoms with Crippen molar-refractivity contribution in [3.63, 3.8) is 0 Å². The lowest BCUT2D eigenvalue weighted by Crippen LogP contribution is -2.52. The molecule has 1 saturated heterocycles. The highest BCUT2D eigenvalue weighted by Gasteiger charge is 2.69. The largest absolute Gasteiger partial charge is 0.338 e. The second-order valence-electron chi connectivity index (χ2n) is 7.33. The minimum absolute atomic E-state index is 0.129. The van der Waals surface area contributed by atoms with Crippen molar-refractivity contribution >= 4 is 5.91 Å². The molecule has 3 nitrogen and oxygen atoms in total. The zero-order valence-corrected chi connectivity index (χ0v) is 12.5. The van der Waals surface area contributed by atoms with E-state index in [0.717, 1.165) is 13.0 Å². The molecule has 0 aromatic carbocycles. The molecule has 2 N–H and O–H groups in total. The number of carbonyl (C=O) groups excluding carboxylic acids is 1. The fourth-order valence-corrected chi connectivity index (χ4v) is 3.86. The predicted molar refractivity (Wildman–Crippen MR) is 74.0 cm³/mol. The Balaban J connectivity index is 2.14. The standard InChI is InChI=1S/C15H28N2O/c1-10-7-6-8-17(11(10)9-16)13(18)12-14(2,3)15(12,4)5/h10-12H,6-9,16H2,1-5H3. The van der Waals surface area contributed by atoms with Crippen LogP contribution in [0.3, 0.4) is 0 Å². The summed E-state index contributed by atoms with van der Waals surface area (Å²) in [6.45, 7) is 12.6. The minimum atomic E-state index is 0.129. The maximum Gasteiger partial charge on any atom is 0.227 e. The van der Waals surface area contributed by atoms with Crippen LogP contribution in [0.2, 0.25) is 0 Å². The van der Waals surface area contributed by atoms with Gasteiger partial charge in [-0.15, -0.1) is 0 Å². The molecular formula is C15H28N2O. The van der Waals surface area contributed by atoms with Crippen molar-refractivity contribution in [2.75, 3.05) is 13.1 Å². The van der Waals surface area contributed by atoms with Crippen molar-refractivity contribution in [3.8, 4) is 0 Å². The summed E-state index contributed by atoms with van der Waals surface area (Å²) >= 11 is 0. The van der Waals surface area contributed by atoms with Crippen LogP contribution in [-0.4, -0.2) is 29.9 Å². The molecule has 18 heavy (non-hydrogen) atoms. The molecule has 0 spiro atoms. The van der Waals surface area contributed by atoms with Crippen molar-refractivity contribution in [2.24, 2.45) is 28.4 Å².